The molecule has 3 aliphatic rings. The van der Waals surface area contributed by atoms with Gasteiger partial charge in [0.1, 0.15) is 5.78 Å². The van der Waals surface area contributed by atoms with Crippen LogP contribution in [-0.2, 0) is 4.79 Å². The van der Waals surface area contributed by atoms with Crippen LogP contribution in [0.3, 0.4) is 0 Å². The summed E-state index contributed by atoms with van der Waals surface area (Å²) in [5.41, 5.74) is -0.276. The number of fused-ring (bicyclic) bond motifs is 2. The van der Waals surface area contributed by atoms with E-state index in [1.165, 1.54) is 0 Å². The van der Waals surface area contributed by atoms with Crippen molar-refractivity contribution in [2.45, 2.75) is 26.7 Å². The average molecular weight is 194 g/mol. The van der Waals surface area contributed by atoms with Gasteiger partial charge in [-0.2, -0.15) is 0 Å². The lowest BCUT2D eigenvalue weighted by Gasteiger charge is -2.63. The number of aliphatic hydroxyl groups is 1. The van der Waals surface area contributed by atoms with Gasteiger partial charge in [0.25, 0.3) is 0 Å². The highest BCUT2D eigenvalue weighted by atomic mass is 16.3. The Bertz CT molecular complexity index is 293. The van der Waals surface area contributed by atoms with Crippen molar-refractivity contribution >= 4 is 5.78 Å². The van der Waals surface area contributed by atoms with Crippen LogP contribution in [0.25, 0.3) is 0 Å². The summed E-state index contributed by atoms with van der Waals surface area (Å²) in [6.45, 7) is 8.12. The first-order valence-corrected chi connectivity index (χ1v) is 5.25. The van der Waals surface area contributed by atoms with E-state index in [4.69, 9.17) is 0 Å². The summed E-state index contributed by atoms with van der Waals surface area (Å²) in [7, 11) is 0. The fraction of sp³-hybridized carbons (Fsp3) is 0.750. The second-order valence-corrected chi connectivity index (χ2v) is 5.40. The van der Waals surface area contributed by atoms with Gasteiger partial charge in [-0.25, -0.2) is 0 Å². The van der Waals surface area contributed by atoms with Gasteiger partial charge in [-0.05, 0) is 17.8 Å². The zero-order chi connectivity index (χ0) is 10.6. The molecule has 0 aromatic heterocycles. The Morgan fingerprint density at radius 2 is 2.29 bits per heavy atom. The molecule has 0 amide bonds. The Labute approximate surface area is 85.0 Å². The maximum absolute atomic E-state index is 11.8. The van der Waals surface area contributed by atoms with Gasteiger partial charge in [0.15, 0.2) is 0 Å². The van der Waals surface area contributed by atoms with Crippen molar-refractivity contribution in [1.82, 2.24) is 0 Å². The van der Waals surface area contributed by atoms with Crippen LogP contribution in [0.2, 0.25) is 0 Å². The largest absolute Gasteiger partial charge is 0.395 e. The molecule has 2 heteroatoms. The summed E-state index contributed by atoms with van der Waals surface area (Å²) in [5.74, 6) is 0.971. The van der Waals surface area contributed by atoms with Crippen molar-refractivity contribution in [3.8, 4) is 0 Å². The highest BCUT2D eigenvalue weighted by Crippen LogP contribution is 2.64. The van der Waals surface area contributed by atoms with Gasteiger partial charge in [0.05, 0.1) is 6.61 Å². The Hall–Kier alpha value is -0.630. The van der Waals surface area contributed by atoms with Crippen LogP contribution >= 0.6 is 0 Å². The van der Waals surface area contributed by atoms with E-state index in [2.05, 4.69) is 20.4 Å². The molecule has 0 aliphatic heterocycles. The van der Waals surface area contributed by atoms with Gasteiger partial charge in [0.2, 0.25) is 0 Å². The molecule has 0 heterocycles. The second-order valence-electron chi connectivity index (χ2n) is 5.40. The summed E-state index contributed by atoms with van der Waals surface area (Å²) < 4.78 is 0. The second kappa shape index (κ2) is 2.69. The maximum atomic E-state index is 11.8. The highest BCUT2D eigenvalue weighted by molar-refractivity contribution is 5.86. The number of ketones is 1. The molecule has 78 valence electrons. The van der Waals surface area contributed by atoms with Gasteiger partial charge in [0, 0.05) is 17.8 Å². The van der Waals surface area contributed by atoms with Crippen molar-refractivity contribution in [1.29, 1.82) is 0 Å². The number of rotatable bonds is 2. The van der Waals surface area contributed by atoms with Gasteiger partial charge in [-0.1, -0.05) is 19.9 Å². The molecule has 0 saturated heterocycles. The summed E-state index contributed by atoms with van der Waals surface area (Å²) in [6, 6.07) is 0. The van der Waals surface area contributed by atoms with E-state index in [1.807, 2.05) is 0 Å². The molecule has 2 nitrogen and oxygen atoms in total. The molecule has 3 saturated carbocycles. The monoisotopic (exact) mass is 194 g/mol. The Kier molecular flexibility index (Phi) is 1.91. The van der Waals surface area contributed by atoms with Crippen molar-refractivity contribution in [3.05, 3.63) is 12.7 Å². The van der Waals surface area contributed by atoms with Crippen LogP contribution in [0.15, 0.2) is 12.7 Å². The van der Waals surface area contributed by atoms with Crippen LogP contribution < -0.4 is 0 Å². The topological polar surface area (TPSA) is 37.3 Å². The van der Waals surface area contributed by atoms with Crippen molar-refractivity contribution in [2.75, 3.05) is 6.61 Å². The molecule has 14 heavy (non-hydrogen) atoms. The lowest BCUT2D eigenvalue weighted by Crippen LogP contribution is -2.62. The number of carbonyl (C=O) groups excluding carboxylic acids is 1. The fourth-order valence-electron chi connectivity index (χ4n) is 3.46. The van der Waals surface area contributed by atoms with Gasteiger partial charge in [-0.15, -0.1) is 6.58 Å². The van der Waals surface area contributed by atoms with E-state index in [0.717, 1.165) is 6.42 Å². The molecule has 3 atom stereocenters. The molecule has 1 N–H and O–H groups in total. The summed E-state index contributed by atoms with van der Waals surface area (Å²) in [4.78, 5) is 11.8. The molecular weight excluding hydrogens is 176 g/mol. The lowest BCUT2D eigenvalue weighted by molar-refractivity contribution is -0.173. The summed E-state index contributed by atoms with van der Waals surface area (Å²) in [6.07, 6.45) is 3.23. The zero-order valence-electron chi connectivity index (χ0n) is 8.92. The van der Waals surface area contributed by atoms with Crippen LogP contribution in [-0.4, -0.2) is 17.5 Å². The first kappa shape index (κ1) is 9.91. The summed E-state index contributed by atoms with van der Waals surface area (Å²) >= 11 is 0. The van der Waals surface area contributed by atoms with Crippen molar-refractivity contribution < 1.29 is 9.90 Å². The zero-order valence-corrected chi connectivity index (χ0v) is 8.92. The molecule has 3 rings (SSSR count). The number of Topliss-reactive ketones (excluding diaryl/α,β-unsaturated/α-hetero) is 1. The molecule has 2 bridgehead atoms. The Morgan fingerprint density at radius 3 is 2.64 bits per heavy atom. The van der Waals surface area contributed by atoms with E-state index >= 15 is 0 Å². The fourth-order valence-corrected chi connectivity index (χ4v) is 3.46. The van der Waals surface area contributed by atoms with Crippen LogP contribution in [0.1, 0.15) is 26.7 Å². The average Bonchev–Trinajstić information content (AvgIpc) is 2.15. The SMILES string of the molecule is C=CC1(CO)CC(=O)C2CC1C2(C)C. The third-order valence-corrected chi connectivity index (χ3v) is 4.55. The van der Waals surface area contributed by atoms with E-state index in [-0.39, 0.29) is 23.4 Å². The van der Waals surface area contributed by atoms with Gasteiger partial charge in [-0.3, -0.25) is 4.79 Å². The smallest absolute Gasteiger partial charge is 0.137 e. The maximum Gasteiger partial charge on any atom is 0.137 e. The van der Waals surface area contributed by atoms with E-state index < -0.39 is 0 Å². The standard InChI is InChI=1S/C12H18O2/c1-4-12(7-13)6-9(14)8-5-10(12)11(8,2)3/h4,8,10,13H,1,5-7H2,2-3H3. The van der Waals surface area contributed by atoms with E-state index in [1.54, 1.807) is 6.08 Å². The Balaban J connectivity index is 2.38. The quantitative estimate of drug-likeness (QED) is 0.680. The van der Waals surface area contributed by atoms with Gasteiger partial charge < -0.3 is 5.11 Å². The van der Waals surface area contributed by atoms with E-state index in [0.29, 0.717) is 18.1 Å². The normalized spacial score (nSPS) is 44.4. The minimum absolute atomic E-state index is 0.0586. The number of hydrogen-bond donors (Lipinski definition) is 1. The Morgan fingerprint density at radius 1 is 1.64 bits per heavy atom. The first-order chi connectivity index (χ1) is 6.48. The molecule has 0 radical (unpaired) electrons. The number of carbonyl (C=O) groups is 1. The molecule has 3 fully saturated rings. The summed E-state index contributed by atoms with van der Waals surface area (Å²) in [5, 5.41) is 9.46. The molecule has 0 aromatic carbocycles. The molecular formula is C12H18O2. The predicted octanol–water partition coefficient (Wildman–Crippen LogP) is 1.79. The minimum atomic E-state index is -0.338. The first-order valence-electron chi connectivity index (χ1n) is 5.25. The highest BCUT2D eigenvalue weighted by Gasteiger charge is 2.63. The van der Waals surface area contributed by atoms with E-state index in [9.17, 15) is 9.90 Å². The molecule has 0 aromatic rings. The van der Waals surface area contributed by atoms with Gasteiger partial charge >= 0.3 is 0 Å². The molecule has 3 unspecified atom stereocenters. The minimum Gasteiger partial charge on any atom is -0.395 e. The molecule has 3 aliphatic carbocycles. The van der Waals surface area contributed by atoms with Crippen LogP contribution in [0.4, 0.5) is 0 Å². The lowest BCUT2D eigenvalue weighted by atomic mass is 9.40. The van der Waals surface area contributed by atoms with Crippen LogP contribution in [0.5, 0.6) is 0 Å². The molecule has 0 spiro atoms. The number of hydrogen-bond acceptors (Lipinski definition) is 2. The predicted molar refractivity (Wildman–Crippen MR) is 54.7 cm³/mol. The number of aliphatic hydroxyl groups excluding tert-OH is 1. The van der Waals surface area contributed by atoms with Crippen LogP contribution in [0, 0.1) is 22.7 Å². The third kappa shape index (κ3) is 0.924. The van der Waals surface area contributed by atoms with Crippen molar-refractivity contribution in [3.63, 3.8) is 0 Å². The third-order valence-electron chi connectivity index (χ3n) is 4.55. The van der Waals surface area contributed by atoms with Crippen molar-refractivity contribution in [2.24, 2.45) is 22.7 Å².